The van der Waals surface area contributed by atoms with Gasteiger partial charge in [0.15, 0.2) is 0 Å². The topological polar surface area (TPSA) is 56.6 Å². The highest BCUT2D eigenvalue weighted by Gasteiger charge is 2.30. The van der Waals surface area contributed by atoms with Crippen LogP contribution in [0.2, 0.25) is 5.02 Å². The van der Waals surface area contributed by atoms with Crippen LogP contribution in [-0.4, -0.2) is 49.7 Å². The summed E-state index contributed by atoms with van der Waals surface area (Å²) >= 11 is 5.94. The van der Waals surface area contributed by atoms with Crippen LogP contribution >= 0.6 is 11.6 Å². The second-order valence-corrected chi connectivity index (χ2v) is 6.02. The largest absolute Gasteiger partial charge is 0.368 e. The van der Waals surface area contributed by atoms with Gasteiger partial charge in [0.2, 0.25) is 0 Å². The highest BCUT2D eigenvalue weighted by atomic mass is 35.5. The zero-order valence-electron chi connectivity index (χ0n) is 12.3. The number of nitriles is 1. The molecule has 2 aliphatic rings. The van der Waals surface area contributed by atoms with E-state index in [-0.39, 0.29) is 12.0 Å². The van der Waals surface area contributed by atoms with Gasteiger partial charge in [-0.3, -0.25) is 4.79 Å². The van der Waals surface area contributed by atoms with Gasteiger partial charge < -0.3 is 14.5 Å². The zero-order chi connectivity index (χ0) is 15.5. The fourth-order valence-electron chi connectivity index (χ4n) is 3.02. The van der Waals surface area contributed by atoms with Crippen LogP contribution in [0, 0.1) is 11.3 Å². The quantitative estimate of drug-likeness (QED) is 0.837. The van der Waals surface area contributed by atoms with Gasteiger partial charge in [-0.15, -0.1) is 0 Å². The molecule has 5 nitrogen and oxygen atoms in total. The minimum atomic E-state index is -0.253. The molecule has 0 unspecified atom stereocenters. The Labute approximate surface area is 135 Å². The molecule has 1 atom stereocenters. The molecule has 0 aromatic heterocycles. The van der Waals surface area contributed by atoms with E-state index in [1.54, 1.807) is 12.1 Å². The lowest BCUT2D eigenvalue weighted by Gasteiger charge is -2.37. The summed E-state index contributed by atoms with van der Waals surface area (Å²) in [4.78, 5) is 16.3. The summed E-state index contributed by atoms with van der Waals surface area (Å²) in [5.74, 6) is 0.105. The van der Waals surface area contributed by atoms with E-state index in [0.717, 1.165) is 31.6 Å². The van der Waals surface area contributed by atoms with Crippen LogP contribution < -0.4 is 4.90 Å². The van der Waals surface area contributed by atoms with Gasteiger partial charge in [0.1, 0.15) is 12.2 Å². The molecule has 2 saturated heterocycles. The highest BCUT2D eigenvalue weighted by Crippen LogP contribution is 2.25. The SMILES string of the molecule is N#Cc1cc(Cl)ccc1N1CCN(C(=O)[C@@H]2CCCO2)CC1. The third kappa shape index (κ3) is 3.03. The number of carbonyl (C=O) groups is 1. The van der Waals surface area contributed by atoms with Crippen molar-refractivity contribution in [3.05, 3.63) is 28.8 Å². The summed E-state index contributed by atoms with van der Waals surface area (Å²) in [6, 6.07) is 7.53. The molecule has 22 heavy (non-hydrogen) atoms. The van der Waals surface area contributed by atoms with Gasteiger partial charge in [-0.05, 0) is 31.0 Å². The Kier molecular flexibility index (Phi) is 4.51. The Bertz CT molecular complexity index is 600. The van der Waals surface area contributed by atoms with Crippen molar-refractivity contribution >= 4 is 23.2 Å². The Hall–Kier alpha value is -1.77. The number of hydrogen-bond donors (Lipinski definition) is 0. The van der Waals surface area contributed by atoms with Gasteiger partial charge in [0.05, 0.1) is 11.3 Å². The maximum atomic E-state index is 12.3. The molecule has 0 spiro atoms. The fourth-order valence-corrected chi connectivity index (χ4v) is 3.19. The molecule has 0 saturated carbocycles. The number of amides is 1. The van der Waals surface area contributed by atoms with Crippen molar-refractivity contribution in [2.24, 2.45) is 0 Å². The first-order valence-corrected chi connectivity index (χ1v) is 7.92. The molecule has 2 heterocycles. The van der Waals surface area contributed by atoms with Crippen LogP contribution in [0.25, 0.3) is 0 Å². The molecule has 1 aromatic carbocycles. The summed E-state index contributed by atoms with van der Waals surface area (Å²) in [7, 11) is 0. The van der Waals surface area contributed by atoms with Gasteiger partial charge in [0, 0.05) is 37.8 Å². The van der Waals surface area contributed by atoms with Crippen LogP contribution in [0.3, 0.4) is 0 Å². The normalized spacial score (nSPS) is 21.7. The van der Waals surface area contributed by atoms with E-state index in [2.05, 4.69) is 11.0 Å². The standard InChI is InChI=1S/C16H18ClN3O2/c17-13-3-4-14(12(10-13)11-18)19-5-7-20(8-6-19)16(21)15-2-1-9-22-15/h3-4,10,15H,1-2,5-9H2/t15-/m0/s1. The number of anilines is 1. The van der Waals surface area contributed by atoms with Crippen molar-refractivity contribution in [3.63, 3.8) is 0 Å². The van der Waals surface area contributed by atoms with E-state index < -0.39 is 0 Å². The van der Waals surface area contributed by atoms with E-state index in [1.165, 1.54) is 0 Å². The summed E-state index contributed by atoms with van der Waals surface area (Å²) in [5.41, 5.74) is 1.46. The predicted octanol–water partition coefficient (Wildman–Crippen LogP) is 2.04. The summed E-state index contributed by atoms with van der Waals surface area (Å²) in [6.45, 7) is 3.44. The Morgan fingerprint density at radius 3 is 2.73 bits per heavy atom. The van der Waals surface area contributed by atoms with Crippen molar-refractivity contribution in [2.45, 2.75) is 18.9 Å². The van der Waals surface area contributed by atoms with Crippen LogP contribution in [0.5, 0.6) is 0 Å². The first-order chi connectivity index (χ1) is 10.7. The van der Waals surface area contributed by atoms with Crippen LogP contribution in [0.1, 0.15) is 18.4 Å². The number of hydrogen-bond acceptors (Lipinski definition) is 4. The lowest BCUT2D eigenvalue weighted by atomic mass is 10.1. The van der Waals surface area contributed by atoms with E-state index >= 15 is 0 Å². The molecule has 2 fully saturated rings. The monoisotopic (exact) mass is 319 g/mol. The van der Waals surface area contributed by atoms with E-state index in [1.807, 2.05) is 11.0 Å². The number of nitrogens with zero attached hydrogens (tertiary/aromatic N) is 3. The summed E-state index contributed by atoms with van der Waals surface area (Å²) in [6.07, 6.45) is 1.54. The van der Waals surface area contributed by atoms with Crippen molar-refractivity contribution in [1.82, 2.24) is 4.90 Å². The molecule has 0 N–H and O–H groups in total. The third-order valence-corrected chi connectivity index (χ3v) is 4.45. The van der Waals surface area contributed by atoms with E-state index in [9.17, 15) is 10.1 Å². The third-order valence-electron chi connectivity index (χ3n) is 4.22. The average Bonchev–Trinajstić information content (AvgIpc) is 3.08. The van der Waals surface area contributed by atoms with E-state index in [0.29, 0.717) is 30.3 Å². The number of ether oxygens (including phenoxy) is 1. The van der Waals surface area contributed by atoms with Crippen molar-refractivity contribution in [3.8, 4) is 6.07 Å². The highest BCUT2D eigenvalue weighted by molar-refractivity contribution is 6.30. The van der Waals surface area contributed by atoms with Gasteiger partial charge >= 0.3 is 0 Å². The van der Waals surface area contributed by atoms with Crippen LogP contribution in [-0.2, 0) is 9.53 Å². The smallest absolute Gasteiger partial charge is 0.251 e. The first kappa shape index (κ1) is 15.1. The fraction of sp³-hybridized carbons (Fsp3) is 0.500. The molecule has 0 aliphatic carbocycles. The zero-order valence-corrected chi connectivity index (χ0v) is 13.1. The van der Waals surface area contributed by atoms with Gasteiger partial charge in [-0.25, -0.2) is 0 Å². The Morgan fingerprint density at radius 2 is 2.09 bits per heavy atom. The first-order valence-electron chi connectivity index (χ1n) is 7.54. The van der Waals surface area contributed by atoms with Crippen LogP contribution in [0.15, 0.2) is 18.2 Å². The maximum Gasteiger partial charge on any atom is 0.251 e. The molecule has 0 radical (unpaired) electrons. The van der Waals surface area contributed by atoms with Gasteiger partial charge in [0.25, 0.3) is 5.91 Å². The summed E-state index contributed by atoms with van der Waals surface area (Å²) < 4.78 is 5.47. The van der Waals surface area contributed by atoms with Crippen molar-refractivity contribution < 1.29 is 9.53 Å². The molecule has 116 valence electrons. The van der Waals surface area contributed by atoms with Crippen LogP contribution in [0.4, 0.5) is 5.69 Å². The number of carbonyl (C=O) groups excluding carboxylic acids is 1. The molecule has 6 heteroatoms. The minimum absolute atomic E-state index is 0.105. The van der Waals surface area contributed by atoms with Crippen molar-refractivity contribution in [2.75, 3.05) is 37.7 Å². The molecular formula is C16H18ClN3O2. The minimum Gasteiger partial charge on any atom is -0.368 e. The predicted molar refractivity (Wildman–Crippen MR) is 83.9 cm³/mol. The lowest BCUT2D eigenvalue weighted by Crippen LogP contribution is -2.51. The molecular weight excluding hydrogens is 302 g/mol. The number of halogens is 1. The molecule has 1 aromatic rings. The lowest BCUT2D eigenvalue weighted by molar-refractivity contribution is -0.141. The molecule has 2 aliphatic heterocycles. The Balaban J connectivity index is 1.64. The second-order valence-electron chi connectivity index (χ2n) is 5.59. The van der Waals surface area contributed by atoms with Gasteiger partial charge in [-0.2, -0.15) is 5.26 Å². The molecule has 0 bridgehead atoms. The second kappa shape index (κ2) is 6.55. The molecule has 3 rings (SSSR count). The summed E-state index contributed by atoms with van der Waals surface area (Å²) in [5, 5.41) is 9.80. The maximum absolute atomic E-state index is 12.3. The van der Waals surface area contributed by atoms with Crippen molar-refractivity contribution in [1.29, 1.82) is 5.26 Å². The number of piperazine rings is 1. The Morgan fingerprint density at radius 1 is 1.32 bits per heavy atom. The van der Waals surface area contributed by atoms with E-state index in [4.69, 9.17) is 16.3 Å². The molecule has 1 amide bonds. The number of benzene rings is 1. The van der Waals surface area contributed by atoms with Gasteiger partial charge in [-0.1, -0.05) is 11.6 Å². The average molecular weight is 320 g/mol. The number of rotatable bonds is 2.